The Hall–Kier alpha value is -3.58. The van der Waals surface area contributed by atoms with Crippen molar-refractivity contribution in [1.82, 2.24) is 0 Å². The molecule has 6 nitrogen and oxygen atoms in total. The Morgan fingerprint density at radius 1 is 1.06 bits per heavy atom. The number of amides is 1. The van der Waals surface area contributed by atoms with Gasteiger partial charge in [-0.25, -0.2) is 0 Å². The minimum absolute atomic E-state index is 0.0332. The summed E-state index contributed by atoms with van der Waals surface area (Å²) in [7, 11) is 1.49. The fraction of sp³-hybridized carbons (Fsp3) is 0.167. The Kier molecular flexibility index (Phi) is 5.77. The number of ketones is 1. The molecule has 2 heterocycles. The molecule has 1 aliphatic rings. The summed E-state index contributed by atoms with van der Waals surface area (Å²) in [6.07, 6.45) is 0. The van der Waals surface area contributed by atoms with Crippen molar-refractivity contribution in [3.05, 3.63) is 82.1 Å². The minimum Gasteiger partial charge on any atom is -0.507 e. The number of para-hydroxylation sites is 1. The minimum atomic E-state index is -0.747. The number of rotatable bonds is 6. The number of nitrogens with zero attached hydrogens (tertiary/aromatic N) is 1. The Balaban J connectivity index is 1.88. The number of aliphatic hydroxyl groups excluding tert-OH is 1. The molecular weight excluding hydrogens is 414 g/mol. The van der Waals surface area contributed by atoms with Gasteiger partial charge < -0.3 is 14.6 Å². The number of carbonyl (C=O) groups excluding carboxylic acids is 2. The monoisotopic (exact) mass is 435 g/mol. The molecular formula is C24H21NO5S. The third-order valence-corrected chi connectivity index (χ3v) is 5.97. The van der Waals surface area contributed by atoms with Gasteiger partial charge in [-0.1, -0.05) is 18.2 Å². The van der Waals surface area contributed by atoms with E-state index in [1.807, 2.05) is 24.4 Å². The van der Waals surface area contributed by atoms with Gasteiger partial charge in [0.05, 0.1) is 24.9 Å². The second kappa shape index (κ2) is 8.65. The standard InChI is InChI=1S/C24H21NO5S/c1-3-30-16-12-10-15(11-13-16)25-21(19-9-6-14-31-19)20(23(27)24(25)28)22(26)17-7-4-5-8-18(17)29-2/h4-14,21,26H,3H2,1-2H3/b22-20-. The molecule has 4 rings (SSSR count). The lowest BCUT2D eigenvalue weighted by Gasteiger charge is -2.24. The van der Waals surface area contributed by atoms with Crippen LogP contribution in [0.25, 0.3) is 5.76 Å². The van der Waals surface area contributed by atoms with E-state index in [0.29, 0.717) is 29.4 Å². The highest BCUT2D eigenvalue weighted by Gasteiger charge is 2.47. The number of hydrogen-bond acceptors (Lipinski definition) is 6. The first-order chi connectivity index (χ1) is 15.1. The largest absolute Gasteiger partial charge is 0.507 e. The maximum atomic E-state index is 13.1. The van der Waals surface area contributed by atoms with E-state index in [1.165, 1.54) is 23.3 Å². The summed E-state index contributed by atoms with van der Waals surface area (Å²) in [4.78, 5) is 28.4. The number of hydrogen-bond donors (Lipinski definition) is 1. The van der Waals surface area contributed by atoms with E-state index in [9.17, 15) is 14.7 Å². The molecule has 1 atom stereocenters. The van der Waals surface area contributed by atoms with Gasteiger partial charge in [-0.2, -0.15) is 0 Å². The first-order valence-corrected chi connectivity index (χ1v) is 10.7. The van der Waals surface area contributed by atoms with Crippen molar-refractivity contribution in [3.63, 3.8) is 0 Å². The van der Waals surface area contributed by atoms with Crippen LogP contribution in [0.4, 0.5) is 5.69 Å². The van der Waals surface area contributed by atoms with Crippen LogP contribution >= 0.6 is 11.3 Å². The number of carbonyl (C=O) groups is 2. The van der Waals surface area contributed by atoms with Crippen LogP contribution in [0.1, 0.15) is 23.4 Å². The lowest BCUT2D eigenvalue weighted by atomic mass is 9.99. The molecule has 7 heteroatoms. The Morgan fingerprint density at radius 2 is 1.81 bits per heavy atom. The topological polar surface area (TPSA) is 76.1 Å². The number of ether oxygens (including phenoxy) is 2. The van der Waals surface area contributed by atoms with Crippen LogP contribution in [-0.4, -0.2) is 30.5 Å². The summed E-state index contributed by atoms with van der Waals surface area (Å²) in [6.45, 7) is 2.42. The van der Waals surface area contributed by atoms with Gasteiger partial charge in [-0.3, -0.25) is 14.5 Å². The zero-order valence-corrected chi connectivity index (χ0v) is 17.9. The van der Waals surface area contributed by atoms with Crippen LogP contribution in [0.2, 0.25) is 0 Å². The van der Waals surface area contributed by atoms with Gasteiger partial charge in [0.1, 0.15) is 23.3 Å². The molecule has 158 valence electrons. The van der Waals surface area contributed by atoms with Gasteiger partial charge in [0, 0.05) is 10.6 Å². The zero-order chi connectivity index (χ0) is 22.0. The summed E-state index contributed by atoms with van der Waals surface area (Å²) in [6, 6.07) is 16.8. The fourth-order valence-electron chi connectivity index (χ4n) is 3.67. The van der Waals surface area contributed by atoms with E-state index in [1.54, 1.807) is 48.5 Å². The second-order valence-electron chi connectivity index (χ2n) is 6.81. The summed E-state index contributed by atoms with van der Waals surface area (Å²) in [5.74, 6) is -0.612. The molecule has 0 bridgehead atoms. The normalized spacial score (nSPS) is 17.7. The summed E-state index contributed by atoms with van der Waals surface area (Å²) >= 11 is 1.41. The average Bonchev–Trinajstić information content (AvgIpc) is 3.41. The highest BCUT2D eigenvalue weighted by atomic mass is 32.1. The van der Waals surface area contributed by atoms with Crippen LogP contribution in [0.15, 0.2) is 71.6 Å². The van der Waals surface area contributed by atoms with Crippen molar-refractivity contribution >= 4 is 34.5 Å². The van der Waals surface area contributed by atoms with Crippen molar-refractivity contribution in [2.45, 2.75) is 13.0 Å². The lowest BCUT2D eigenvalue weighted by Crippen LogP contribution is -2.29. The van der Waals surface area contributed by atoms with Crippen LogP contribution in [0, 0.1) is 0 Å². The fourth-order valence-corrected chi connectivity index (χ4v) is 4.49. The molecule has 0 spiro atoms. The van der Waals surface area contributed by atoms with Crippen molar-refractivity contribution in [2.75, 3.05) is 18.6 Å². The van der Waals surface area contributed by atoms with E-state index < -0.39 is 17.7 Å². The van der Waals surface area contributed by atoms with Crippen LogP contribution in [0.5, 0.6) is 11.5 Å². The van der Waals surface area contributed by atoms with Crippen LogP contribution < -0.4 is 14.4 Å². The number of Topliss-reactive ketones (excluding diaryl/α,β-unsaturated/α-hetero) is 1. The van der Waals surface area contributed by atoms with E-state index in [2.05, 4.69) is 0 Å². The molecule has 0 radical (unpaired) electrons. The van der Waals surface area contributed by atoms with Crippen molar-refractivity contribution in [1.29, 1.82) is 0 Å². The predicted octanol–water partition coefficient (Wildman–Crippen LogP) is 4.78. The maximum Gasteiger partial charge on any atom is 0.300 e. The van der Waals surface area contributed by atoms with Gasteiger partial charge >= 0.3 is 0 Å². The first-order valence-electron chi connectivity index (χ1n) is 9.77. The number of benzene rings is 2. The van der Waals surface area contributed by atoms with E-state index in [0.717, 1.165) is 4.88 Å². The third-order valence-electron chi connectivity index (χ3n) is 5.05. The summed E-state index contributed by atoms with van der Waals surface area (Å²) in [5, 5.41) is 13.0. The van der Waals surface area contributed by atoms with Crippen LogP contribution in [0.3, 0.4) is 0 Å². The third kappa shape index (κ3) is 3.68. The van der Waals surface area contributed by atoms with Gasteiger partial charge in [0.25, 0.3) is 11.7 Å². The highest BCUT2D eigenvalue weighted by Crippen LogP contribution is 2.44. The molecule has 1 saturated heterocycles. The summed E-state index contributed by atoms with van der Waals surface area (Å²) < 4.78 is 10.8. The Labute approximate surface area is 184 Å². The molecule has 1 aliphatic heterocycles. The average molecular weight is 436 g/mol. The van der Waals surface area contributed by atoms with Crippen molar-refractivity contribution in [2.24, 2.45) is 0 Å². The molecule has 1 amide bonds. The molecule has 1 aromatic heterocycles. The van der Waals surface area contributed by atoms with E-state index in [-0.39, 0.29) is 11.3 Å². The lowest BCUT2D eigenvalue weighted by molar-refractivity contribution is -0.132. The highest BCUT2D eigenvalue weighted by molar-refractivity contribution is 7.10. The first kappa shape index (κ1) is 20.7. The maximum absolute atomic E-state index is 13.1. The Morgan fingerprint density at radius 3 is 2.45 bits per heavy atom. The van der Waals surface area contributed by atoms with E-state index in [4.69, 9.17) is 9.47 Å². The van der Waals surface area contributed by atoms with Gasteiger partial charge in [0.15, 0.2) is 0 Å². The van der Waals surface area contributed by atoms with Crippen molar-refractivity contribution in [3.8, 4) is 11.5 Å². The van der Waals surface area contributed by atoms with Gasteiger partial charge in [-0.15, -0.1) is 11.3 Å². The number of aliphatic hydroxyl groups is 1. The number of methoxy groups -OCH3 is 1. The molecule has 1 unspecified atom stereocenters. The molecule has 1 fully saturated rings. The summed E-state index contributed by atoms with van der Waals surface area (Å²) in [5.41, 5.74) is 0.935. The molecule has 31 heavy (non-hydrogen) atoms. The number of anilines is 1. The van der Waals surface area contributed by atoms with Gasteiger partial charge in [0.2, 0.25) is 0 Å². The predicted molar refractivity (Wildman–Crippen MR) is 120 cm³/mol. The molecule has 0 aliphatic carbocycles. The van der Waals surface area contributed by atoms with E-state index >= 15 is 0 Å². The molecule has 1 N–H and O–H groups in total. The smallest absolute Gasteiger partial charge is 0.300 e. The van der Waals surface area contributed by atoms with Gasteiger partial charge in [-0.05, 0) is 54.8 Å². The second-order valence-corrected chi connectivity index (χ2v) is 7.79. The Bertz CT molecular complexity index is 1140. The SMILES string of the molecule is CCOc1ccc(N2C(=O)C(=O)/C(=C(\O)c3ccccc3OC)C2c2cccs2)cc1. The molecule has 2 aromatic carbocycles. The molecule has 0 saturated carbocycles. The zero-order valence-electron chi connectivity index (χ0n) is 17.1. The molecule has 3 aromatic rings. The van der Waals surface area contributed by atoms with Crippen LogP contribution in [-0.2, 0) is 9.59 Å². The quantitative estimate of drug-likeness (QED) is 0.343. The number of thiophene rings is 1. The van der Waals surface area contributed by atoms with Crippen molar-refractivity contribution < 1.29 is 24.2 Å².